The Morgan fingerprint density at radius 1 is 0.170 bits per heavy atom. The van der Waals surface area contributed by atoms with Crippen molar-refractivity contribution in [2.24, 2.45) is 0 Å². The molecule has 23 aromatic rings. The molecule has 4 nitrogen and oxygen atoms in total. The van der Waals surface area contributed by atoms with E-state index in [0.717, 1.165) is 5.69 Å². The Balaban J connectivity index is 0.000000133. The molecule has 0 atom stereocenters. The molecule has 0 aliphatic heterocycles. The van der Waals surface area contributed by atoms with Crippen LogP contribution < -0.4 is 0 Å². The lowest BCUT2D eigenvalue weighted by atomic mass is 9.97. The number of rotatable bonds is 8. The lowest BCUT2D eigenvalue weighted by molar-refractivity contribution is 1.18. The van der Waals surface area contributed by atoms with Crippen LogP contribution in [0.4, 0.5) is 0 Å². The van der Waals surface area contributed by atoms with Gasteiger partial charge in [-0.3, -0.25) is 0 Å². The van der Waals surface area contributed by atoms with Crippen molar-refractivity contribution in [2.75, 3.05) is 0 Å². The first-order chi connectivity index (χ1) is 52.6. The fourth-order valence-electron chi connectivity index (χ4n) is 17.2. The zero-order valence-corrected chi connectivity index (χ0v) is 59.0. The lowest BCUT2D eigenvalue weighted by Crippen LogP contribution is -1.95. The van der Waals surface area contributed by atoms with E-state index in [9.17, 15) is 0 Å². The van der Waals surface area contributed by atoms with Gasteiger partial charge in [-0.05, 0) is 208 Å². The van der Waals surface area contributed by atoms with Crippen molar-refractivity contribution < 1.29 is 0 Å². The van der Waals surface area contributed by atoms with Gasteiger partial charge in [0, 0.05) is 106 Å². The van der Waals surface area contributed by atoms with Gasteiger partial charge >= 0.3 is 0 Å². The van der Waals surface area contributed by atoms with Gasteiger partial charge in [0.2, 0.25) is 0 Å². The third kappa shape index (κ3) is 9.52. The van der Waals surface area contributed by atoms with Crippen LogP contribution in [-0.4, -0.2) is 18.3 Å². The van der Waals surface area contributed by atoms with E-state index in [1.807, 2.05) is 22.7 Å². The minimum Gasteiger partial charge on any atom is -0.309 e. The maximum Gasteiger partial charge on any atom is 0.0541 e. The fraction of sp³-hybridized carbons (Fsp3) is 0. The molecule has 0 N–H and O–H groups in total. The molecular weight excluding hydrogens is 1320 g/mol. The molecule has 106 heavy (non-hydrogen) atoms. The molecule has 0 fully saturated rings. The molecule has 23 rings (SSSR count). The van der Waals surface area contributed by atoms with Crippen LogP contribution in [0.1, 0.15) is 0 Å². The van der Waals surface area contributed by atoms with Crippen LogP contribution in [-0.2, 0) is 0 Å². The monoisotopic (exact) mass is 1380 g/mol. The number of thiophene rings is 2. The number of aromatic nitrogens is 4. The minimum absolute atomic E-state index is 1.16. The van der Waals surface area contributed by atoms with Gasteiger partial charge in [-0.25, -0.2) is 0 Å². The summed E-state index contributed by atoms with van der Waals surface area (Å²) >= 11 is 3.74. The normalized spacial score (nSPS) is 12.0. The maximum absolute atomic E-state index is 2.44. The van der Waals surface area contributed by atoms with Crippen molar-refractivity contribution in [3.63, 3.8) is 0 Å². The molecule has 0 amide bonds. The molecule has 0 bridgehead atoms. The molecule has 0 saturated carbocycles. The average molecular weight is 1380 g/mol. The van der Waals surface area contributed by atoms with Crippen LogP contribution in [0.15, 0.2) is 376 Å². The highest BCUT2D eigenvalue weighted by Gasteiger charge is 2.22. The molecule has 0 aliphatic carbocycles. The second-order valence-corrected chi connectivity index (χ2v) is 30.0. The maximum atomic E-state index is 2.44. The lowest BCUT2D eigenvalue weighted by Gasteiger charge is -2.12. The predicted octanol–water partition coefficient (Wildman–Crippen LogP) is 28.3. The zero-order valence-electron chi connectivity index (χ0n) is 57.4. The van der Waals surface area contributed by atoms with Crippen LogP contribution in [0.5, 0.6) is 0 Å². The summed E-state index contributed by atoms with van der Waals surface area (Å²) in [6.45, 7) is 0. The zero-order chi connectivity index (χ0) is 69.5. The van der Waals surface area contributed by atoms with E-state index in [0.29, 0.717) is 0 Å². The van der Waals surface area contributed by atoms with Crippen LogP contribution in [0.2, 0.25) is 0 Å². The molecule has 0 saturated heterocycles. The van der Waals surface area contributed by atoms with E-state index in [1.54, 1.807) is 0 Å². The van der Waals surface area contributed by atoms with E-state index in [-0.39, 0.29) is 0 Å². The third-order valence-corrected chi connectivity index (χ3v) is 24.3. The second-order valence-electron chi connectivity index (χ2n) is 27.9. The van der Waals surface area contributed by atoms with Gasteiger partial charge in [0.05, 0.1) is 49.8 Å². The quantitative estimate of drug-likeness (QED) is 0.144. The highest BCUT2D eigenvalue weighted by Crippen LogP contribution is 2.46. The number of hydrogen-bond donors (Lipinski definition) is 0. The van der Waals surface area contributed by atoms with Gasteiger partial charge in [-0.15, -0.1) is 22.7 Å². The summed E-state index contributed by atoms with van der Waals surface area (Å²) < 4.78 is 15.0. The smallest absolute Gasteiger partial charge is 0.0541 e. The molecule has 0 radical (unpaired) electrons. The van der Waals surface area contributed by atoms with Gasteiger partial charge in [0.1, 0.15) is 0 Å². The Morgan fingerprint density at radius 2 is 0.481 bits per heavy atom. The van der Waals surface area contributed by atoms with Gasteiger partial charge in [0.15, 0.2) is 0 Å². The molecule has 17 aromatic carbocycles. The Bertz CT molecular complexity index is 7500. The summed E-state index contributed by atoms with van der Waals surface area (Å²) in [4.78, 5) is 0. The molecule has 0 aliphatic rings. The topological polar surface area (TPSA) is 19.7 Å². The first-order valence-corrected chi connectivity index (χ1v) is 37.9. The SMILES string of the molecule is c1ccc(-n2c3ccc(-c4ccc5c(c4)c4ccccc4n5-c4cccc5ccccc45)cc3c3cc(-c4cccc5sc6ccccc6c45)ccc32)cc1.c1ccc(-n2c3ccccc3c3cc(-c4ccc5c(c4)c4cc(-c6ccc7sc8ccccc8c7c6)ccc4n5-c4ccccc4)ccc32)cc1. The van der Waals surface area contributed by atoms with Gasteiger partial charge in [-0.1, -0.05) is 218 Å². The average Bonchev–Trinajstić information content (AvgIpc) is 1.59. The molecular formula is C100H62N4S2. The number of hydrogen-bond acceptors (Lipinski definition) is 2. The standard InChI is InChI=1S/C52H32N2S.C48H30N2S/c1-2-14-37(15-3-1)53-47-27-24-35(31-43(47)44-32-36(26-29-48(44)53)39-19-11-23-51-52(39)41-18-7-9-22-50(41)55-51)34-25-28-49-42(30-34)40-17-6-8-20-46(40)54(49)45-21-10-13-33-12-4-5-16-38(33)45;1-3-11-35(12-4-1)49-43-17-9-7-15-37(43)39-27-31(19-23-44(39)49)32-20-24-45-40(28-32)41-29-33(21-25-46(41)50(45)36-13-5-2-6-14-36)34-22-26-48-42(30-34)38-16-8-10-18-47(38)51-48/h1-32H;1-30H. The Kier molecular flexibility index (Phi) is 13.7. The predicted molar refractivity (Wildman–Crippen MR) is 455 cm³/mol. The minimum atomic E-state index is 1.16. The van der Waals surface area contributed by atoms with Gasteiger partial charge in [-0.2, -0.15) is 0 Å². The first kappa shape index (κ1) is 60.2. The Labute approximate surface area is 618 Å². The van der Waals surface area contributed by atoms with Crippen LogP contribution >= 0.6 is 22.7 Å². The summed E-state index contributed by atoms with van der Waals surface area (Å²) in [5, 5.41) is 17.9. The summed E-state index contributed by atoms with van der Waals surface area (Å²) in [6.07, 6.45) is 0. The van der Waals surface area contributed by atoms with E-state index >= 15 is 0 Å². The highest BCUT2D eigenvalue weighted by atomic mass is 32.1. The molecule has 0 spiro atoms. The summed E-state index contributed by atoms with van der Waals surface area (Å²) in [5.41, 5.74) is 24.2. The van der Waals surface area contributed by atoms with E-state index < -0.39 is 0 Å². The van der Waals surface area contributed by atoms with Gasteiger partial charge in [0.25, 0.3) is 0 Å². The largest absolute Gasteiger partial charge is 0.309 e. The second kappa shape index (κ2) is 24.1. The number of nitrogens with zero attached hydrogens (tertiary/aromatic N) is 4. The van der Waals surface area contributed by atoms with E-state index in [1.165, 1.54) is 200 Å². The molecule has 0 unspecified atom stereocenters. The van der Waals surface area contributed by atoms with Crippen molar-refractivity contribution in [1.29, 1.82) is 0 Å². The molecule has 6 heteroatoms. The van der Waals surface area contributed by atoms with Crippen molar-refractivity contribution >= 4 is 161 Å². The number of fused-ring (bicyclic) bond motifs is 19. The number of para-hydroxylation sites is 5. The molecule has 6 aromatic heterocycles. The van der Waals surface area contributed by atoms with Crippen molar-refractivity contribution in [1.82, 2.24) is 18.3 Å². The van der Waals surface area contributed by atoms with Crippen LogP contribution in [0.25, 0.3) is 206 Å². The summed E-state index contributed by atoms with van der Waals surface area (Å²) in [5.74, 6) is 0. The van der Waals surface area contributed by atoms with Crippen molar-refractivity contribution in [2.45, 2.75) is 0 Å². The van der Waals surface area contributed by atoms with Crippen molar-refractivity contribution in [3.8, 4) is 67.3 Å². The Morgan fingerprint density at radius 3 is 0.991 bits per heavy atom. The fourth-order valence-corrected chi connectivity index (χ4v) is 19.4. The van der Waals surface area contributed by atoms with Crippen molar-refractivity contribution in [3.05, 3.63) is 376 Å². The van der Waals surface area contributed by atoms with E-state index in [4.69, 9.17) is 0 Å². The summed E-state index contributed by atoms with van der Waals surface area (Å²) in [6, 6.07) is 138. The molecule has 494 valence electrons. The highest BCUT2D eigenvalue weighted by molar-refractivity contribution is 7.26. The van der Waals surface area contributed by atoms with Crippen LogP contribution in [0.3, 0.4) is 0 Å². The molecule has 6 heterocycles. The first-order valence-electron chi connectivity index (χ1n) is 36.3. The Hall–Kier alpha value is -13.4. The van der Waals surface area contributed by atoms with E-state index in [2.05, 4.69) is 394 Å². The van der Waals surface area contributed by atoms with Gasteiger partial charge < -0.3 is 18.3 Å². The summed E-state index contributed by atoms with van der Waals surface area (Å²) in [7, 11) is 0. The van der Waals surface area contributed by atoms with Crippen LogP contribution in [0, 0.1) is 0 Å². The number of benzene rings is 17. The third-order valence-electron chi connectivity index (χ3n) is 22.0.